The highest BCUT2D eigenvalue weighted by molar-refractivity contribution is 6.02. The van der Waals surface area contributed by atoms with Crippen molar-refractivity contribution in [3.8, 4) is 0 Å². The molecule has 3 heterocycles. The third-order valence-electron chi connectivity index (χ3n) is 6.07. The van der Waals surface area contributed by atoms with Crippen molar-refractivity contribution in [2.24, 2.45) is 7.05 Å². The number of carbonyl (C=O) groups excluding carboxylic acids is 2. The maximum Gasteiger partial charge on any atom is 0.407 e. The van der Waals surface area contributed by atoms with Gasteiger partial charge in [0.2, 0.25) is 11.8 Å². The molecule has 2 aliphatic heterocycles. The Kier molecular flexibility index (Phi) is 4.56. The van der Waals surface area contributed by atoms with Gasteiger partial charge in [0, 0.05) is 31.4 Å². The molecular formula is C20H24N4O4. The largest absolute Gasteiger partial charge is 0.465 e. The van der Waals surface area contributed by atoms with Crippen molar-refractivity contribution in [1.82, 2.24) is 20.0 Å². The molecule has 2 aromatic rings. The van der Waals surface area contributed by atoms with Crippen LogP contribution in [-0.2, 0) is 16.6 Å². The summed E-state index contributed by atoms with van der Waals surface area (Å²) < 4.78 is 1.79. The van der Waals surface area contributed by atoms with E-state index in [-0.39, 0.29) is 17.9 Å². The molecule has 0 aliphatic carbocycles. The number of hydrogen-bond donors (Lipinski definition) is 2. The van der Waals surface area contributed by atoms with E-state index >= 15 is 0 Å². The fraction of sp³-hybridized carbons (Fsp3) is 0.500. The molecule has 28 heavy (non-hydrogen) atoms. The van der Waals surface area contributed by atoms with Gasteiger partial charge in [0.05, 0.1) is 17.1 Å². The number of amides is 3. The van der Waals surface area contributed by atoms with Crippen LogP contribution in [0.4, 0.5) is 4.79 Å². The number of fused-ring (bicyclic) bond motifs is 1. The topological polar surface area (TPSA) is 105 Å². The van der Waals surface area contributed by atoms with Gasteiger partial charge in [-0.2, -0.15) is 5.10 Å². The first kappa shape index (κ1) is 18.5. The van der Waals surface area contributed by atoms with E-state index in [4.69, 9.17) is 0 Å². The second kappa shape index (κ2) is 6.92. The Balaban J connectivity index is 1.62. The van der Waals surface area contributed by atoms with Crippen LogP contribution < -0.4 is 5.32 Å². The van der Waals surface area contributed by atoms with Gasteiger partial charge < -0.3 is 10.0 Å². The molecule has 148 valence electrons. The van der Waals surface area contributed by atoms with Gasteiger partial charge in [0.25, 0.3) is 0 Å². The van der Waals surface area contributed by atoms with Crippen molar-refractivity contribution in [1.29, 1.82) is 0 Å². The molecule has 1 aromatic heterocycles. The molecule has 3 atom stereocenters. The summed E-state index contributed by atoms with van der Waals surface area (Å²) in [6.07, 6.45) is 1.52. The Morgan fingerprint density at radius 3 is 2.75 bits per heavy atom. The van der Waals surface area contributed by atoms with E-state index < -0.39 is 12.0 Å². The lowest BCUT2D eigenvalue weighted by atomic mass is 9.85. The number of rotatable bonds is 2. The van der Waals surface area contributed by atoms with E-state index in [2.05, 4.69) is 22.5 Å². The molecule has 0 saturated carbocycles. The van der Waals surface area contributed by atoms with E-state index in [1.165, 1.54) is 10.5 Å². The van der Waals surface area contributed by atoms with Crippen LogP contribution in [0, 0.1) is 0 Å². The van der Waals surface area contributed by atoms with Crippen molar-refractivity contribution in [3.05, 3.63) is 29.5 Å². The lowest BCUT2D eigenvalue weighted by molar-refractivity contribution is -0.134. The lowest BCUT2D eigenvalue weighted by Crippen LogP contribution is -2.43. The van der Waals surface area contributed by atoms with Crippen LogP contribution >= 0.6 is 0 Å². The number of aryl methyl sites for hydroxylation is 1. The van der Waals surface area contributed by atoms with Crippen molar-refractivity contribution in [2.75, 3.05) is 6.54 Å². The molecule has 4 rings (SSSR count). The SMILES string of the molecule is C[C@H]1C[C@H](c2ccc3c(C4CCC(=O)NC4=O)nn(C)c3c2)CCN1C(=O)O. The Bertz CT molecular complexity index is 967. The first-order valence-corrected chi connectivity index (χ1v) is 9.65. The molecule has 1 aromatic carbocycles. The van der Waals surface area contributed by atoms with Crippen LogP contribution in [0.2, 0.25) is 0 Å². The van der Waals surface area contributed by atoms with Crippen LogP contribution in [0.15, 0.2) is 18.2 Å². The molecule has 0 bridgehead atoms. The first-order chi connectivity index (χ1) is 13.3. The maximum absolute atomic E-state index is 12.3. The predicted octanol–water partition coefficient (Wildman–Crippen LogP) is 2.34. The molecule has 3 amide bonds. The third kappa shape index (κ3) is 3.12. The highest BCUT2D eigenvalue weighted by Crippen LogP contribution is 2.35. The number of nitrogens with zero attached hydrogens (tertiary/aromatic N) is 3. The van der Waals surface area contributed by atoms with E-state index in [1.54, 1.807) is 4.68 Å². The number of nitrogens with one attached hydrogen (secondary N) is 1. The second-order valence-electron chi connectivity index (χ2n) is 7.84. The van der Waals surface area contributed by atoms with Gasteiger partial charge in [0.1, 0.15) is 0 Å². The van der Waals surface area contributed by atoms with Gasteiger partial charge in [-0.1, -0.05) is 12.1 Å². The highest BCUT2D eigenvalue weighted by Gasteiger charge is 2.33. The van der Waals surface area contributed by atoms with Crippen molar-refractivity contribution >= 4 is 28.8 Å². The minimum atomic E-state index is -0.859. The predicted molar refractivity (Wildman–Crippen MR) is 102 cm³/mol. The van der Waals surface area contributed by atoms with Crippen molar-refractivity contribution < 1.29 is 19.5 Å². The number of hydrogen-bond acceptors (Lipinski definition) is 4. The fourth-order valence-electron chi connectivity index (χ4n) is 4.53. The lowest BCUT2D eigenvalue weighted by Gasteiger charge is -2.36. The third-order valence-corrected chi connectivity index (χ3v) is 6.07. The molecule has 8 nitrogen and oxygen atoms in total. The van der Waals surface area contributed by atoms with Crippen LogP contribution in [-0.4, -0.2) is 50.3 Å². The summed E-state index contributed by atoms with van der Waals surface area (Å²) in [7, 11) is 1.86. The summed E-state index contributed by atoms with van der Waals surface area (Å²) in [4.78, 5) is 36.5. The molecule has 0 radical (unpaired) electrons. The number of likely N-dealkylation sites (tertiary alicyclic amines) is 1. The summed E-state index contributed by atoms with van der Waals surface area (Å²) in [5.41, 5.74) is 2.83. The molecule has 2 fully saturated rings. The van der Waals surface area contributed by atoms with E-state index in [0.29, 0.717) is 31.0 Å². The number of carbonyl (C=O) groups is 3. The van der Waals surface area contributed by atoms with Gasteiger partial charge in [0.15, 0.2) is 0 Å². The van der Waals surface area contributed by atoms with Crippen LogP contribution in [0.3, 0.4) is 0 Å². The maximum atomic E-state index is 12.3. The summed E-state index contributed by atoms with van der Waals surface area (Å²) >= 11 is 0. The van der Waals surface area contributed by atoms with E-state index in [0.717, 1.165) is 23.7 Å². The number of piperidine rings is 2. The zero-order valence-corrected chi connectivity index (χ0v) is 16.0. The zero-order chi connectivity index (χ0) is 20.0. The Hall–Kier alpha value is -2.90. The summed E-state index contributed by atoms with van der Waals surface area (Å²) in [6, 6.07) is 6.15. The number of carboxylic acid groups (broad SMARTS) is 1. The van der Waals surface area contributed by atoms with Gasteiger partial charge in [-0.15, -0.1) is 0 Å². The average Bonchev–Trinajstić information content (AvgIpc) is 2.97. The summed E-state index contributed by atoms with van der Waals surface area (Å²) in [6.45, 7) is 2.48. The van der Waals surface area contributed by atoms with Crippen molar-refractivity contribution in [3.63, 3.8) is 0 Å². The quantitative estimate of drug-likeness (QED) is 0.774. The van der Waals surface area contributed by atoms with Gasteiger partial charge in [-0.25, -0.2) is 4.79 Å². The van der Waals surface area contributed by atoms with Gasteiger partial charge in [-0.3, -0.25) is 19.6 Å². The van der Waals surface area contributed by atoms with E-state index in [9.17, 15) is 19.5 Å². The Morgan fingerprint density at radius 1 is 1.29 bits per heavy atom. The minimum absolute atomic E-state index is 0.0162. The fourth-order valence-corrected chi connectivity index (χ4v) is 4.53. The van der Waals surface area contributed by atoms with Crippen molar-refractivity contribution in [2.45, 2.75) is 50.5 Å². The molecule has 0 spiro atoms. The standard InChI is InChI=1S/C20H24N4O4/c1-11-9-13(7-8-24(11)20(27)28)12-3-4-14-16(10-12)23(2)22-18(14)15-5-6-17(25)21-19(15)26/h3-4,10-11,13,15H,5-9H2,1-2H3,(H,27,28)(H,21,25,26)/t11-,13+,15?/m0/s1. The molecular weight excluding hydrogens is 360 g/mol. The summed E-state index contributed by atoms with van der Waals surface area (Å²) in [5, 5.41) is 17.2. The molecule has 2 N–H and O–H groups in total. The Labute approximate surface area is 162 Å². The Morgan fingerprint density at radius 2 is 2.07 bits per heavy atom. The molecule has 2 saturated heterocycles. The number of benzene rings is 1. The molecule has 8 heteroatoms. The second-order valence-corrected chi connectivity index (χ2v) is 7.84. The normalized spacial score (nSPS) is 25.8. The number of imide groups is 1. The average molecular weight is 384 g/mol. The molecule has 2 aliphatic rings. The van der Waals surface area contributed by atoms with Crippen LogP contribution in [0.1, 0.15) is 55.7 Å². The first-order valence-electron chi connectivity index (χ1n) is 9.65. The van der Waals surface area contributed by atoms with E-state index in [1.807, 2.05) is 20.0 Å². The van der Waals surface area contributed by atoms with Gasteiger partial charge in [-0.05, 0) is 43.7 Å². The zero-order valence-electron chi connectivity index (χ0n) is 16.0. The monoisotopic (exact) mass is 384 g/mol. The number of aromatic nitrogens is 2. The van der Waals surface area contributed by atoms with Gasteiger partial charge >= 0.3 is 6.09 Å². The molecule has 1 unspecified atom stereocenters. The van der Waals surface area contributed by atoms with Crippen LogP contribution in [0.5, 0.6) is 0 Å². The van der Waals surface area contributed by atoms with Crippen LogP contribution in [0.25, 0.3) is 10.9 Å². The minimum Gasteiger partial charge on any atom is -0.465 e. The smallest absolute Gasteiger partial charge is 0.407 e. The highest BCUT2D eigenvalue weighted by atomic mass is 16.4. The summed E-state index contributed by atoms with van der Waals surface area (Å²) in [5.74, 6) is -0.629.